The summed E-state index contributed by atoms with van der Waals surface area (Å²) in [6, 6.07) is 15.1. The first-order valence-electron chi connectivity index (χ1n) is 10.0. The predicted octanol–water partition coefficient (Wildman–Crippen LogP) is 5.21. The minimum Gasteiger partial charge on any atom is -0.350 e. The van der Waals surface area contributed by atoms with Crippen LogP contribution in [-0.2, 0) is 21.9 Å². The molecule has 6 heteroatoms. The highest BCUT2D eigenvalue weighted by atomic mass is 35.5. The summed E-state index contributed by atoms with van der Waals surface area (Å²) in [7, 11) is 0. The second-order valence-electron chi connectivity index (χ2n) is 8.55. The third-order valence-corrected chi connectivity index (χ3v) is 5.71. The van der Waals surface area contributed by atoms with E-state index in [1.165, 1.54) is 11.1 Å². The van der Waals surface area contributed by atoms with E-state index in [-0.39, 0.29) is 17.4 Å². The normalized spacial score (nSPS) is 12.3. The number of thioether (sulfide) groups is 1. The molecule has 2 aromatic rings. The molecule has 0 aliphatic rings. The maximum atomic E-state index is 13.1. The third-order valence-electron chi connectivity index (χ3n) is 4.48. The Morgan fingerprint density at radius 1 is 1.10 bits per heavy atom. The lowest BCUT2D eigenvalue weighted by atomic mass is 10.1. The Bertz CT molecular complexity index is 880. The standard InChI is InChI=1S/C24H31ClN2O2S/c1-17-8-6-10-20(12-17)15-30-16-22(28)27(14-19-9-7-11-21(25)13-19)18(2)23(29)26-24(3,4)5/h6-13,18H,14-16H2,1-5H3,(H,26,29). The zero-order chi connectivity index (χ0) is 22.3. The fourth-order valence-electron chi connectivity index (χ4n) is 3.03. The Morgan fingerprint density at radius 2 is 1.77 bits per heavy atom. The number of carbonyl (C=O) groups excluding carboxylic acids is 2. The SMILES string of the molecule is Cc1cccc(CSCC(=O)N(Cc2cccc(Cl)c2)C(C)C(=O)NC(C)(C)C)c1. The second kappa shape index (κ2) is 10.9. The van der Waals surface area contributed by atoms with Crippen molar-refractivity contribution in [1.29, 1.82) is 0 Å². The van der Waals surface area contributed by atoms with Crippen molar-refractivity contribution < 1.29 is 9.59 Å². The van der Waals surface area contributed by atoms with Gasteiger partial charge in [0, 0.05) is 22.9 Å². The number of halogens is 1. The molecular weight excluding hydrogens is 416 g/mol. The molecule has 2 amide bonds. The fraction of sp³-hybridized carbons (Fsp3) is 0.417. The molecule has 0 aliphatic carbocycles. The van der Waals surface area contributed by atoms with E-state index in [9.17, 15) is 9.59 Å². The molecule has 0 heterocycles. The molecule has 0 saturated carbocycles. The van der Waals surface area contributed by atoms with Gasteiger partial charge in [-0.05, 0) is 57.9 Å². The molecule has 1 unspecified atom stereocenters. The lowest BCUT2D eigenvalue weighted by Crippen LogP contribution is -2.52. The van der Waals surface area contributed by atoms with Crippen molar-refractivity contribution in [3.05, 3.63) is 70.2 Å². The van der Waals surface area contributed by atoms with Crippen molar-refractivity contribution in [2.24, 2.45) is 0 Å². The van der Waals surface area contributed by atoms with Crippen LogP contribution in [0.25, 0.3) is 0 Å². The van der Waals surface area contributed by atoms with Crippen LogP contribution in [0.1, 0.15) is 44.4 Å². The number of hydrogen-bond acceptors (Lipinski definition) is 3. The van der Waals surface area contributed by atoms with Crippen molar-refractivity contribution in [1.82, 2.24) is 10.2 Å². The predicted molar refractivity (Wildman–Crippen MR) is 127 cm³/mol. The topological polar surface area (TPSA) is 49.4 Å². The number of nitrogens with zero attached hydrogens (tertiary/aromatic N) is 1. The van der Waals surface area contributed by atoms with Crippen LogP contribution < -0.4 is 5.32 Å². The fourth-order valence-corrected chi connectivity index (χ4v) is 4.10. The molecule has 0 spiro atoms. The summed E-state index contributed by atoms with van der Waals surface area (Å²) < 4.78 is 0. The van der Waals surface area contributed by atoms with E-state index in [1.54, 1.807) is 29.7 Å². The number of aryl methyl sites for hydroxylation is 1. The van der Waals surface area contributed by atoms with Crippen LogP contribution in [0.5, 0.6) is 0 Å². The largest absolute Gasteiger partial charge is 0.350 e. The molecule has 1 N–H and O–H groups in total. The minimum absolute atomic E-state index is 0.0656. The molecule has 0 fully saturated rings. The maximum Gasteiger partial charge on any atom is 0.242 e. The third kappa shape index (κ3) is 8.04. The number of carbonyl (C=O) groups is 2. The molecule has 2 aromatic carbocycles. The highest BCUT2D eigenvalue weighted by molar-refractivity contribution is 7.99. The van der Waals surface area contributed by atoms with Crippen molar-refractivity contribution in [2.75, 3.05) is 5.75 Å². The molecule has 0 saturated heterocycles. The zero-order valence-corrected chi connectivity index (χ0v) is 19.9. The first-order chi connectivity index (χ1) is 14.0. The van der Waals surface area contributed by atoms with E-state index in [1.807, 2.05) is 45.0 Å². The maximum absolute atomic E-state index is 13.1. The first-order valence-corrected chi connectivity index (χ1v) is 11.6. The second-order valence-corrected chi connectivity index (χ2v) is 9.97. The molecular formula is C24H31ClN2O2S. The number of rotatable bonds is 8. The van der Waals surface area contributed by atoms with Crippen LogP contribution in [0.2, 0.25) is 5.02 Å². The van der Waals surface area contributed by atoms with Gasteiger partial charge in [-0.15, -0.1) is 11.8 Å². The summed E-state index contributed by atoms with van der Waals surface area (Å²) in [5, 5.41) is 3.59. The first kappa shape index (κ1) is 24.3. The van der Waals surface area contributed by atoms with Gasteiger partial charge in [-0.1, -0.05) is 53.6 Å². The van der Waals surface area contributed by atoms with E-state index in [0.29, 0.717) is 17.3 Å². The van der Waals surface area contributed by atoms with Crippen LogP contribution in [0.15, 0.2) is 48.5 Å². The van der Waals surface area contributed by atoms with Gasteiger partial charge < -0.3 is 10.2 Å². The highest BCUT2D eigenvalue weighted by Gasteiger charge is 2.28. The monoisotopic (exact) mass is 446 g/mol. The molecule has 4 nitrogen and oxygen atoms in total. The van der Waals surface area contributed by atoms with Crippen molar-refractivity contribution in [3.63, 3.8) is 0 Å². The molecule has 2 rings (SSSR count). The Labute approximate surface area is 189 Å². The highest BCUT2D eigenvalue weighted by Crippen LogP contribution is 2.18. The zero-order valence-electron chi connectivity index (χ0n) is 18.4. The van der Waals surface area contributed by atoms with Crippen molar-refractivity contribution in [2.45, 2.75) is 58.5 Å². The molecule has 162 valence electrons. The smallest absolute Gasteiger partial charge is 0.242 e. The van der Waals surface area contributed by atoms with Crippen LogP contribution in [0.3, 0.4) is 0 Å². The van der Waals surface area contributed by atoms with Crippen LogP contribution in [0, 0.1) is 6.92 Å². The summed E-state index contributed by atoms with van der Waals surface area (Å²) in [5.41, 5.74) is 2.92. The Hall–Kier alpha value is -1.98. The summed E-state index contributed by atoms with van der Waals surface area (Å²) in [5.74, 6) is 0.827. The summed E-state index contributed by atoms with van der Waals surface area (Å²) in [6.45, 7) is 9.95. The lowest BCUT2D eigenvalue weighted by Gasteiger charge is -2.31. The van der Waals surface area contributed by atoms with Gasteiger partial charge in [0.25, 0.3) is 0 Å². The van der Waals surface area contributed by atoms with Gasteiger partial charge in [0.15, 0.2) is 0 Å². The minimum atomic E-state index is -0.588. The van der Waals surface area contributed by atoms with Crippen molar-refractivity contribution >= 4 is 35.2 Å². The van der Waals surface area contributed by atoms with Gasteiger partial charge in [0.2, 0.25) is 11.8 Å². The van der Waals surface area contributed by atoms with E-state index >= 15 is 0 Å². The van der Waals surface area contributed by atoms with Gasteiger partial charge in [-0.3, -0.25) is 9.59 Å². The average Bonchev–Trinajstić information content (AvgIpc) is 2.64. The molecule has 0 aliphatic heterocycles. The Balaban J connectivity index is 2.10. The van der Waals surface area contributed by atoms with E-state index < -0.39 is 6.04 Å². The van der Waals surface area contributed by atoms with E-state index in [2.05, 4.69) is 30.4 Å². The van der Waals surface area contributed by atoms with Crippen LogP contribution in [0.4, 0.5) is 0 Å². The number of benzene rings is 2. The Morgan fingerprint density at radius 3 is 2.40 bits per heavy atom. The van der Waals surface area contributed by atoms with E-state index in [4.69, 9.17) is 11.6 Å². The summed E-state index contributed by atoms with van der Waals surface area (Å²) in [6.07, 6.45) is 0. The molecule has 1 atom stereocenters. The number of nitrogens with one attached hydrogen (secondary N) is 1. The van der Waals surface area contributed by atoms with Crippen LogP contribution >= 0.6 is 23.4 Å². The van der Waals surface area contributed by atoms with Gasteiger partial charge in [-0.2, -0.15) is 0 Å². The molecule has 0 aromatic heterocycles. The molecule has 30 heavy (non-hydrogen) atoms. The Kier molecular flexibility index (Phi) is 8.80. The number of amides is 2. The van der Waals surface area contributed by atoms with Crippen LogP contribution in [-0.4, -0.2) is 34.0 Å². The summed E-state index contributed by atoms with van der Waals surface area (Å²) in [4.78, 5) is 27.5. The molecule has 0 bridgehead atoms. The van der Waals surface area contributed by atoms with Gasteiger partial charge >= 0.3 is 0 Å². The van der Waals surface area contributed by atoms with Gasteiger partial charge in [-0.25, -0.2) is 0 Å². The van der Waals surface area contributed by atoms with Gasteiger partial charge in [0.1, 0.15) is 6.04 Å². The average molecular weight is 447 g/mol. The number of hydrogen-bond donors (Lipinski definition) is 1. The lowest BCUT2D eigenvalue weighted by molar-refractivity contribution is -0.139. The molecule has 0 radical (unpaired) electrons. The quantitative estimate of drug-likeness (QED) is 0.605. The van der Waals surface area contributed by atoms with Gasteiger partial charge in [0.05, 0.1) is 5.75 Å². The van der Waals surface area contributed by atoms with Crippen molar-refractivity contribution in [3.8, 4) is 0 Å². The summed E-state index contributed by atoms with van der Waals surface area (Å²) >= 11 is 7.67. The van der Waals surface area contributed by atoms with E-state index in [0.717, 1.165) is 11.3 Å².